The molecule has 1 aromatic rings. The van der Waals surface area contributed by atoms with Gasteiger partial charge in [0.1, 0.15) is 5.82 Å². The van der Waals surface area contributed by atoms with Gasteiger partial charge in [0.15, 0.2) is 0 Å². The minimum atomic E-state index is -0.404. The van der Waals surface area contributed by atoms with E-state index in [4.69, 9.17) is 15.6 Å². The number of rotatable bonds is 6. The fraction of sp³-hybridized carbons (Fsp3) is 0.455. The number of ether oxygens (including phenoxy) is 1. The van der Waals surface area contributed by atoms with Crippen LogP contribution < -0.4 is 11.1 Å². The van der Waals surface area contributed by atoms with Gasteiger partial charge in [0.25, 0.3) is 0 Å². The first kappa shape index (κ1) is 12.7. The molecule has 0 saturated carbocycles. The topological polar surface area (TPSA) is 67.5 Å². The van der Waals surface area contributed by atoms with Crippen molar-refractivity contribution in [1.29, 1.82) is 0 Å². The van der Waals surface area contributed by atoms with Gasteiger partial charge in [0.05, 0.1) is 18.3 Å². The van der Waals surface area contributed by atoms with Gasteiger partial charge in [-0.05, 0) is 24.6 Å². The molecular formula is C11H17FN2O2. The van der Waals surface area contributed by atoms with E-state index in [0.29, 0.717) is 24.4 Å². The highest BCUT2D eigenvalue weighted by molar-refractivity contribution is 5.53. The third-order valence-corrected chi connectivity index (χ3v) is 2.20. The van der Waals surface area contributed by atoms with Gasteiger partial charge in [-0.15, -0.1) is 0 Å². The molecule has 0 aromatic heterocycles. The van der Waals surface area contributed by atoms with Gasteiger partial charge in [0.2, 0.25) is 0 Å². The first-order valence-electron chi connectivity index (χ1n) is 5.08. The second-order valence-corrected chi connectivity index (χ2v) is 3.55. The van der Waals surface area contributed by atoms with Crippen LogP contribution in [0, 0.1) is 5.82 Å². The van der Waals surface area contributed by atoms with Crippen LogP contribution in [0.15, 0.2) is 18.2 Å². The average Bonchev–Trinajstić information content (AvgIpc) is 2.23. The molecule has 0 radical (unpaired) electrons. The van der Waals surface area contributed by atoms with Gasteiger partial charge in [-0.3, -0.25) is 0 Å². The number of hydrogen-bond donors (Lipinski definition) is 3. The van der Waals surface area contributed by atoms with Crippen LogP contribution in [0.1, 0.15) is 6.42 Å². The van der Waals surface area contributed by atoms with Gasteiger partial charge in [-0.25, -0.2) is 4.39 Å². The SMILES string of the molecule is COCC(CCO)Nc1ccc(N)cc1F. The smallest absolute Gasteiger partial charge is 0.148 e. The highest BCUT2D eigenvalue weighted by Gasteiger charge is 2.10. The minimum absolute atomic E-state index is 0.0254. The first-order valence-corrected chi connectivity index (χ1v) is 5.08. The second-order valence-electron chi connectivity index (χ2n) is 3.55. The number of nitrogens with two attached hydrogens (primary N) is 1. The van der Waals surface area contributed by atoms with Crippen LogP contribution in [0.3, 0.4) is 0 Å². The number of aliphatic hydroxyl groups excluding tert-OH is 1. The normalized spacial score (nSPS) is 12.4. The lowest BCUT2D eigenvalue weighted by molar-refractivity contribution is 0.170. The average molecular weight is 228 g/mol. The monoisotopic (exact) mass is 228 g/mol. The van der Waals surface area contributed by atoms with Crippen LogP contribution in [0.4, 0.5) is 15.8 Å². The molecule has 0 aliphatic rings. The summed E-state index contributed by atoms with van der Waals surface area (Å²) in [6.07, 6.45) is 0.498. The number of methoxy groups -OCH3 is 1. The number of benzene rings is 1. The lowest BCUT2D eigenvalue weighted by Gasteiger charge is -2.18. The molecule has 1 aromatic carbocycles. The Kier molecular flexibility index (Phi) is 5.01. The molecule has 0 bridgehead atoms. The maximum absolute atomic E-state index is 13.4. The van der Waals surface area contributed by atoms with Crippen molar-refractivity contribution in [1.82, 2.24) is 0 Å². The molecular weight excluding hydrogens is 211 g/mol. The molecule has 0 aliphatic carbocycles. The number of nitrogen functional groups attached to an aromatic ring is 1. The fourth-order valence-electron chi connectivity index (χ4n) is 1.42. The Morgan fingerprint density at radius 3 is 2.88 bits per heavy atom. The number of hydrogen-bond acceptors (Lipinski definition) is 4. The Morgan fingerprint density at radius 1 is 1.56 bits per heavy atom. The quantitative estimate of drug-likeness (QED) is 0.640. The summed E-state index contributed by atoms with van der Waals surface area (Å²) in [7, 11) is 1.56. The molecule has 4 N–H and O–H groups in total. The largest absolute Gasteiger partial charge is 0.399 e. The van der Waals surface area contributed by atoms with Gasteiger partial charge in [0, 0.05) is 19.4 Å². The maximum Gasteiger partial charge on any atom is 0.148 e. The predicted octanol–water partition coefficient (Wildman–Crippen LogP) is 1.22. The second kappa shape index (κ2) is 6.30. The van der Waals surface area contributed by atoms with E-state index in [-0.39, 0.29) is 12.6 Å². The van der Waals surface area contributed by atoms with Crippen LogP contribution >= 0.6 is 0 Å². The van der Waals surface area contributed by atoms with Crippen molar-refractivity contribution in [2.24, 2.45) is 0 Å². The molecule has 4 nitrogen and oxygen atoms in total. The molecule has 0 aliphatic heterocycles. The number of nitrogens with one attached hydrogen (secondary N) is 1. The van der Waals surface area contributed by atoms with Crippen LogP contribution in [0.2, 0.25) is 0 Å². The van der Waals surface area contributed by atoms with E-state index < -0.39 is 5.82 Å². The van der Waals surface area contributed by atoms with E-state index in [0.717, 1.165) is 0 Å². The highest BCUT2D eigenvalue weighted by Crippen LogP contribution is 2.18. The zero-order valence-electron chi connectivity index (χ0n) is 9.24. The standard InChI is InChI=1S/C11H17FN2O2/c1-16-7-9(4-5-15)14-11-3-2-8(13)6-10(11)12/h2-3,6,9,14-15H,4-5,7,13H2,1H3. The number of anilines is 2. The van der Waals surface area contributed by atoms with E-state index in [9.17, 15) is 4.39 Å². The molecule has 0 fully saturated rings. The Labute approximate surface area is 94.2 Å². The molecule has 1 unspecified atom stereocenters. The van der Waals surface area contributed by atoms with E-state index in [1.165, 1.54) is 6.07 Å². The van der Waals surface area contributed by atoms with Gasteiger partial charge < -0.3 is 20.9 Å². The van der Waals surface area contributed by atoms with Crippen molar-refractivity contribution in [2.75, 3.05) is 31.4 Å². The fourth-order valence-corrected chi connectivity index (χ4v) is 1.42. The van der Waals surface area contributed by atoms with E-state index in [1.807, 2.05) is 0 Å². The summed E-state index contributed by atoms with van der Waals surface area (Å²) in [5.74, 6) is -0.404. The highest BCUT2D eigenvalue weighted by atomic mass is 19.1. The summed E-state index contributed by atoms with van der Waals surface area (Å²) < 4.78 is 18.4. The Bertz CT molecular complexity index is 328. The van der Waals surface area contributed by atoms with Crippen molar-refractivity contribution in [3.05, 3.63) is 24.0 Å². The van der Waals surface area contributed by atoms with Crippen molar-refractivity contribution >= 4 is 11.4 Å². The van der Waals surface area contributed by atoms with E-state index >= 15 is 0 Å². The first-order chi connectivity index (χ1) is 7.67. The summed E-state index contributed by atoms with van der Waals surface area (Å²) in [4.78, 5) is 0. The Hall–Kier alpha value is -1.33. The number of aliphatic hydroxyl groups is 1. The van der Waals surface area contributed by atoms with E-state index in [2.05, 4.69) is 5.32 Å². The Morgan fingerprint density at radius 2 is 2.31 bits per heavy atom. The van der Waals surface area contributed by atoms with Crippen LogP contribution in [-0.4, -0.2) is 31.5 Å². The lowest BCUT2D eigenvalue weighted by atomic mass is 10.2. The molecule has 0 heterocycles. The van der Waals surface area contributed by atoms with Crippen molar-refractivity contribution in [2.45, 2.75) is 12.5 Å². The predicted molar refractivity (Wildman–Crippen MR) is 61.8 cm³/mol. The maximum atomic E-state index is 13.4. The third kappa shape index (κ3) is 3.67. The molecule has 0 amide bonds. The summed E-state index contributed by atoms with van der Waals surface area (Å²) in [5.41, 5.74) is 6.19. The summed E-state index contributed by atoms with van der Waals surface area (Å²) >= 11 is 0. The number of halogens is 1. The molecule has 0 spiro atoms. The molecule has 0 saturated heterocycles. The van der Waals surface area contributed by atoms with Gasteiger partial charge in [-0.1, -0.05) is 0 Å². The molecule has 1 atom stereocenters. The zero-order valence-corrected chi connectivity index (χ0v) is 9.24. The summed E-state index contributed by atoms with van der Waals surface area (Å²) in [6, 6.07) is 4.33. The van der Waals surface area contributed by atoms with Gasteiger partial charge in [-0.2, -0.15) is 0 Å². The van der Waals surface area contributed by atoms with Crippen molar-refractivity contribution < 1.29 is 14.2 Å². The molecule has 5 heteroatoms. The molecule has 1 rings (SSSR count). The Balaban J connectivity index is 2.68. The van der Waals surface area contributed by atoms with Crippen LogP contribution in [0.5, 0.6) is 0 Å². The van der Waals surface area contributed by atoms with Crippen LogP contribution in [0.25, 0.3) is 0 Å². The van der Waals surface area contributed by atoms with E-state index in [1.54, 1.807) is 19.2 Å². The summed E-state index contributed by atoms with van der Waals surface area (Å²) in [5, 5.41) is 11.8. The van der Waals surface area contributed by atoms with Crippen LogP contribution in [-0.2, 0) is 4.74 Å². The van der Waals surface area contributed by atoms with Crippen molar-refractivity contribution in [3.8, 4) is 0 Å². The molecule has 16 heavy (non-hydrogen) atoms. The third-order valence-electron chi connectivity index (χ3n) is 2.20. The van der Waals surface area contributed by atoms with Gasteiger partial charge >= 0.3 is 0 Å². The zero-order chi connectivity index (χ0) is 12.0. The van der Waals surface area contributed by atoms with Crippen molar-refractivity contribution in [3.63, 3.8) is 0 Å². The lowest BCUT2D eigenvalue weighted by Crippen LogP contribution is -2.26. The summed E-state index contributed by atoms with van der Waals surface area (Å²) in [6.45, 7) is 0.433. The molecule has 90 valence electrons. The minimum Gasteiger partial charge on any atom is -0.399 e.